The van der Waals surface area contributed by atoms with Crippen LogP contribution in [0.2, 0.25) is 0 Å². The van der Waals surface area contributed by atoms with Gasteiger partial charge in [-0.05, 0) is 12.1 Å². The maximum absolute atomic E-state index is 11.6. The predicted octanol–water partition coefficient (Wildman–Crippen LogP) is 1.24. The van der Waals surface area contributed by atoms with E-state index in [0.717, 1.165) is 18.8 Å². The van der Waals surface area contributed by atoms with Crippen LogP contribution in [0, 0.1) is 0 Å². The first-order valence-corrected chi connectivity index (χ1v) is 5.35. The van der Waals surface area contributed by atoms with Crippen LogP contribution in [0.4, 0.5) is 5.69 Å². The number of carbonyl (C=O) groups is 1. The maximum atomic E-state index is 11.6. The molecule has 2 N–H and O–H groups in total. The number of carbonyl (C=O) groups excluding carboxylic acids is 1. The summed E-state index contributed by atoms with van der Waals surface area (Å²) in [7, 11) is 0. The summed E-state index contributed by atoms with van der Waals surface area (Å²) < 4.78 is 5.28. The van der Waals surface area contributed by atoms with Gasteiger partial charge in [0.1, 0.15) is 0 Å². The highest BCUT2D eigenvalue weighted by Crippen LogP contribution is 2.05. The highest BCUT2D eigenvalue weighted by molar-refractivity contribution is 5.90. The Morgan fingerprint density at radius 1 is 1.56 bits per heavy atom. The third-order valence-corrected chi connectivity index (χ3v) is 2.38. The Bertz CT molecular complexity index is 345. The number of nitrogens with one attached hydrogen (secondary N) is 2. The zero-order valence-electron chi connectivity index (χ0n) is 9.80. The molecule has 1 aliphatic heterocycles. The van der Waals surface area contributed by atoms with E-state index in [2.05, 4.69) is 15.6 Å². The minimum absolute atomic E-state index is 0. The zero-order chi connectivity index (χ0) is 11.2. The van der Waals surface area contributed by atoms with Gasteiger partial charge in [0, 0.05) is 25.2 Å². The molecule has 0 spiro atoms. The predicted molar refractivity (Wildman–Crippen MR) is 74.6 cm³/mol. The van der Waals surface area contributed by atoms with Crippen LogP contribution in [0.3, 0.4) is 0 Å². The van der Waals surface area contributed by atoms with E-state index in [1.807, 2.05) is 6.07 Å². The second kappa shape index (κ2) is 9.10. The molecule has 0 aromatic carbocycles. The number of ether oxygens (including phenoxy) is 1. The lowest BCUT2D eigenvalue weighted by Crippen LogP contribution is -2.43. The Kier molecular flexibility index (Phi) is 8.66. The second-order valence-electron chi connectivity index (χ2n) is 3.72. The molecule has 2 rings (SSSR count). The summed E-state index contributed by atoms with van der Waals surface area (Å²) >= 11 is 0. The average molecular weight is 294 g/mol. The quantitative estimate of drug-likeness (QED) is 0.880. The van der Waals surface area contributed by atoms with Crippen LogP contribution in [-0.2, 0) is 9.53 Å². The Labute approximate surface area is 119 Å². The number of halogens is 2. The van der Waals surface area contributed by atoms with Crippen molar-refractivity contribution in [2.24, 2.45) is 0 Å². The molecule has 1 fully saturated rings. The van der Waals surface area contributed by atoms with Gasteiger partial charge in [-0.1, -0.05) is 0 Å². The van der Waals surface area contributed by atoms with E-state index in [-0.39, 0.29) is 36.8 Å². The van der Waals surface area contributed by atoms with Crippen LogP contribution in [0.1, 0.15) is 6.42 Å². The molecular formula is C11H17Cl2N3O2. The van der Waals surface area contributed by atoms with Gasteiger partial charge in [0.15, 0.2) is 0 Å². The summed E-state index contributed by atoms with van der Waals surface area (Å²) in [5, 5.41) is 6.03. The number of hydrogen-bond acceptors (Lipinski definition) is 4. The number of nitrogens with zero attached hydrogens (tertiary/aromatic N) is 1. The van der Waals surface area contributed by atoms with Gasteiger partial charge in [-0.25, -0.2) is 0 Å². The maximum Gasteiger partial charge on any atom is 0.226 e. The first kappa shape index (κ1) is 17.1. The van der Waals surface area contributed by atoms with Crippen LogP contribution in [0.15, 0.2) is 24.5 Å². The Morgan fingerprint density at radius 3 is 3.00 bits per heavy atom. The van der Waals surface area contributed by atoms with Crippen molar-refractivity contribution in [2.75, 3.05) is 25.1 Å². The van der Waals surface area contributed by atoms with Gasteiger partial charge in [0.05, 0.1) is 25.1 Å². The second-order valence-corrected chi connectivity index (χ2v) is 3.72. The van der Waals surface area contributed by atoms with Crippen LogP contribution in [-0.4, -0.2) is 36.7 Å². The SMILES string of the molecule is Cl.Cl.O=C(CC1COCCN1)Nc1cccnc1. The normalized spacial score (nSPS) is 18.1. The van der Waals surface area contributed by atoms with Crippen molar-refractivity contribution in [3.05, 3.63) is 24.5 Å². The van der Waals surface area contributed by atoms with Crippen molar-refractivity contribution in [2.45, 2.75) is 12.5 Å². The lowest BCUT2D eigenvalue weighted by Gasteiger charge is -2.23. The molecule has 1 aromatic heterocycles. The van der Waals surface area contributed by atoms with Crippen LogP contribution >= 0.6 is 24.8 Å². The Balaban J connectivity index is 0.00000144. The molecule has 0 bridgehead atoms. The molecule has 0 aliphatic carbocycles. The van der Waals surface area contributed by atoms with E-state index >= 15 is 0 Å². The van der Waals surface area contributed by atoms with Crippen molar-refractivity contribution >= 4 is 36.4 Å². The summed E-state index contributed by atoms with van der Waals surface area (Å²) in [6.45, 7) is 2.13. The molecule has 1 amide bonds. The Hall–Kier alpha value is -0.880. The number of rotatable bonds is 3. The van der Waals surface area contributed by atoms with E-state index in [9.17, 15) is 4.79 Å². The van der Waals surface area contributed by atoms with E-state index < -0.39 is 0 Å². The monoisotopic (exact) mass is 293 g/mol. The molecule has 102 valence electrons. The molecule has 0 radical (unpaired) electrons. The molecule has 1 unspecified atom stereocenters. The van der Waals surface area contributed by atoms with E-state index in [0.29, 0.717) is 13.0 Å². The summed E-state index contributed by atoms with van der Waals surface area (Å²) in [5.74, 6) is -0.0176. The number of pyridine rings is 1. The minimum Gasteiger partial charge on any atom is -0.378 e. The lowest BCUT2D eigenvalue weighted by molar-refractivity contribution is -0.117. The third kappa shape index (κ3) is 5.64. The van der Waals surface area contributed by atoms with Gasteiger partial charge in [0.2, 0.25) is 5.91 Å². The van der Waals surface area contributed by atoms with Crippen molar-refractivity contribution in [3.8, 4) is 0 Å². The van der Waals surface area contributed by atoms with Crippen LogP contribution in [0.5, 0.6) is 0 Å². The zero-order valence-corrected chi connectivity index (χ0v) is 11.4. The topological polar surface area (TPSA) is 63.2 Å². The number of hydrogen-bond donors (Lipinski definition) is 2. The fraction of sp³-hybridized carbons (Fsp3) is 0.455. The number of aromatic nitrogens is 1. The summed E-state index contributed by atoms with van der Waals surface area (Å²) in [4.78, 5) is 15.6. The summed E-state index contributed by atoms with van der Waals surface area (Å²) in [6.07, 6.45) is 3.73. The van der Waals surface area contributed by atoms with E-state index in [1.54, 1.807) is 18.5 Å². The molecule has 2 heterocycles. The fourth-order valence-electron chi connectivity index (χ4n) is 1.62. The standard InChI is InChI=1S/C11H15N3O2.2ClH/c15-11(6-10-8-16-5-4-13-10)14-9-2-1-3-12-7-9;;/h1-3,7,10,13H,4-6,8H2,(H,14,15);2*1H. The van der Waals surface area contributed by atoms with Crippen LogP contribution in [0.25, 0.3) is 0 Å². The first-order valence-electron chi connectivity index (χ1n) is 5.35. The molecule has 1 atom stereocenters. The highest BCUT2D eigenvalue weighted by Gasteiger charge is 2.16. The van der Waals surface area contributed by atoms with Crippen molar-refractivity contribution < 1.29 is 9.53 Å². The number of morpholine rings is 1. The van der Waals surface area contributed by atoms with E-state index in [4.69, 9.17) is 4.74 Å². The summed E-state index contributed by atoms with van der Waals surface area (Å²) in [5.41, 5.74) is 0.726. The van der Waals surface area contributed by atoms with Crippen molar-refractivity contribution in [1.82, 2.24) is 10.3 Å². The highest BCUT2D eigenvalue weighted by atomic mass is 35.5. The minimum atomic E-state index is -0.0176. The molecule has 1 aliphatic rings. The number of anilines is 1. The van der Waals surface area contributed by atoms with Crippen molar-refractivity contribution in [1.29, 1.82) is 0 Å². The fourth-order valence-corrected chi connectivity index (χ4v) is 1.62. The molecular weight excluding hydrogens is 277 g/mol. The first-order chi connectivity index (χ1) is 7.84. The van der Waals surface area contributed by atoms with Gasteiger partial charge in [-0.3, -0.25) is 9.78 Å². The molecule has 1 aromatic rings. The van der Waals surface area contributed by atoms with E-state index in [1.165, 1.54) is 0 Å². The molecule has 18 heavy (non-hydrogen) atoms. The van der Waals surface area contributed by atoms with Crippen LogP contribution < -0.4 is 10.6 Å². The molecule has 5 nitrogen and oxygen atoms in total. The summed E-state index contributed by atoms with van der Waals surface area (Å²) in [6, 6.07) is 3.72. The van der Waals surface area contributed by atoms with Gasteiger partial charge in [0.25, 0.3) is 0 Å². The van der Waals surface area contributed by atoms with Crippen molar-refractivity contribution in [3.63, 3.8) is 0 Å². The van der Waals surface area contributed by atoms with Gasteiger partial charge < -0.3 is 15.4 Å². The van der Waals surface area contributed by atoms with Gasteiger partial charge >= 0.3 is 0 Å². The smallest absolute Gasteiger partial charge is 0.226 e. The molecule has 7 heteroatoms. The van der Waals surface area contributed by atoms with Gasteiger partial charge in [-0.2, -0.15) is 0 Å². The largest absolute Gasteiger partial charge is 0.378 e. The number of amides is 1. The average Bonchev–Trinajstić information content (AvgIpc) is 2.31. The molecule has 0 saturated carbocycles. The van der Waals surface area contributed by atoms with Gasteiger partial charge in [-0.15, -0.1) is 24.8 Å². The Morgan fingerprint density at radius 2 is 2.39 bits per heavy atom. The third-order valence-electron chi connectivity index (χ3n) is 2.38. The molecule has 1 saturated heterocycles. The lowest BCUT2D eigenvalue weighted by atomic mass is 10.2.